The first kappa shape index (κ1) is 19.7. The number of imidazole rings is 1. The number of aryl methyl sites for hydroxylation is 1. The monoisotopic (exact) mass is 376 g/mol. The number of rotatable bonds is 9. The SMILES string of the molecule is CCCCOc1nc(N)c2[nH]c(=O)n(CCCC3CCN(CC)CC3)c2n1. The van der Waals surface area contributed by atoms with Gasteiger partial charge in [-0.05, 0) is 57.7 Å². The van der Waals surface area contributed by atoms with Crippen LogP contribution < -0.4 is 16.2 Å². The number of aromatic amines is 1. The highest BCUT2D eigenvalue weighted by molar-refractivity contribution is 5.81. The summed E-state index contributed by atoms with van der Waals surface area (Å²) >= 11 is 0. The maximum Gasteiger partial charge on any atom is 0.327 e. The van der Waals surface area contributed by atoms with Crippen molar-refractivity contribution in [1.29, 1.82) is 0 Å². The number of nitrogens with two attached hydrogens (primary N) is 1. The van der Waals surface area contributed by atoms with Crippen LogP contribution in [0, 0.1) is 5.92 Å². The Bertz CT molecular complexity index is 791. The Morgan fingerprint density at radius 3 is 2.70 bits per heavy atom. The van der Waals surface area contributed by atoms with Crippen LogP contribution in [0.1, 0.15) is 52.4 Å². The summed E-state index contributed by atoms with van der Waals surface area (Å²) in [5, 5.41) is 0. The molecule has 0 amide bonds. The van der Waals surface area contributed by atoms with E-state index in [-0.39, 0.29) is 17.5 Å². The Morgan fingerprint density at radius 2 is 2.00 bits per heavy atom. The minimum absolute atomic E-state index is 0.183. The number of H-pyrrole nitrogens is 1. The largest absolute Gasteiger partial charge is 0.463 e. The first-order valence-corrected chi connectivity index (χ1v) is 10.2. The molecule has 0 radical (unpaired) electrons. The first-order chi connectivity index (χ1) is 13.1. The maximum atomic E-state index is 12.4. The van der Waals surface area contributed by atoms with E-state index in [4.69, 9.17) is 10.5 Å². The van der Waals surface area contributed by atoms with E-state index >= 15 is 0 Å². The number of hydrogen-bond acceptors (Lipinski definition) is 6. The van der Waals surface area contributed by atoms with Gasteiger partial charge in [-0.25, -0.2) is 4.79 Å². The summed E-state index contributed by atoms with van der Waals surface area (Å²) in [4.78, 5) is 26.2. The van der Waals surface area contributed by atoms with E-state index in [1.165, 1.54) is 25.9 Å². The predicted molar refractivity (Wildman–Crippen MR) is 107 cm³/mol. The Morgan fingerprint density at radius 1 is 1.22 bits per heavy atom. The van der Waals surface area contributed by atoms with Crippen molar-refractivity contribution in [1.82, 2.24) is 24.4 Å². The lowest BCUT2D eigenvalue weighted by molar-refractivity contribution is 0.184. The fourth-order valence-electron chi connectivity index (χ4n) is 3.74. The molecule has 3 N–H and O–H groups in total. The van der Waals surface area contributed by atoms with Crippen LogP contribution in [0.5, 0.6) is 6.01 Å². The van der Waals surface area contributed by atoms with Crippen molar-refractivity contribution in [2.24, 2.45) is 5.92 Å². The highest BCUT2D eigenvalue weighted by atomic mass is 16.5. The van der Waals surface area contributed by atoms with Crippen LogP contribution in [0.25, 0.3) is 11.2 Å². The fourth-order valence-corrected chi connectivity index (χ4v) is 3.74. The van der Waals surface area contributed by atoms with E-state index < -0.39 is 0 Å². The number of nitrogens with one attached hydrogen (secondary N) is 1. The van der Waals surface area contributed by atoms with Gasteiger partial charge in [0.2, 0.25) is 0 Å². The number of ether oxygens (including phenoxy) is 1. The Kier molecular flexibility index (Phi) is 6.71. The number of unbranched alkanes of at least 4 members (excludes halogenated alkanes) is 1. The number of aromatic nitrogens is 4. The quantitative estimate of drug-likeness (QED) is 0.652. The number of likely N-dealkylation sites (tertiary alicyclic amines) is 1. The minimum Gasteiger partial charge on any atom is -0.463 e. The second-order valence-electron chi connectivity index (χ2n) is 7.39. The molecule has 27 heavy (non-hydrogen) atoms. The van der Waals surface area contributed by atoms with E-state index in [0.717, 1.165) is 38.1 Å². The molecule has 0 bridgehead atoms. The number of piperidine rings is 1. The third kappa shape index (κ3) is 4.80. The third-order valence-electron chi connectivity index (χ3n) is 5.51. The molecule has 0 unspecified atom stereocenters. The van der Waals surface area contributed by atoms with Gasteiger partial charge in [0.1, 0.15) is 5.52 Å². The van der Waals surface area contributed by atoms with Crippen molar-refractivity contribution in [3.63, 3.8) is 0 Å². The average molecular weight is 377 g/mol. The average Bonchev–Trinajstić information content (AvgIpc) is 2.99. The smallest absolute Gasteiger partial charge is 0.327 e. The zero-order valence-corrected chi connectivity index (χ0v) is 16.5. The molecule has 3 heterocycles. The number of nitrogens with zero attached hydrogens (tertiary/aromatic N) is 4. The van der Waals surface area contributed by atoms with E-state index in [0.29, 0.717) is 24.3 Å². The van der Waals surface area contributed by atoms with Crippen molar-refractivity contribution in [3.05, 3.63) is 10.5 Å². The first-order valence-electron chi connectivity index (χ1n) is 10.2. The Balaban J connectivity index is 1.65. The van der Waals surface area contributed by atoms with Crippen LogP contribution in [0.3, 0.4) is 0 Å². The lowest BCUT2D eigenvalue weighted by Gasteiger charge is -2.31. The molecule has 0 spiro atoms. The molecular weight excluding hydrogens is 344 g/mol. The third-order valence-corrected chi connectivity index (χ3v) is 5.51. The maximum absolute atomic E-state index is 12.4. The standard InChI is InChI=1S/C19H32N6O2/c1-3-5-13-27-18-22-16(20)15-17(23-18)25(19(26)21-15)10-6-7-14-8-11-24(4-2)12-9-14/h14H,3-13H2,1-2H3,(H,21,26)(H2,20,22,23). The lowest BCUT2D eigenvalue weighted by atomic mass is 9.92. The van der Waals surface area contributed by atoms with Gasteiger partial charge in [0.15, 0.2) is 11.5 Å². The summed E-state index contributed by atoms with van der Waals surface area (Å²) in [7, 11) is 0. The molecule has 2 aromatic heterocycles. The van der Waals surface area contributed by atoms with Gasteiger partial charge in [0, 0.05) is 6.54 Å². The highest BCUT2D eigenvalue weighted by Crippen LogP contribution is 2.23. The van der Waals surface area contributed by atoms with E-state index in [1.54, 1.807) is 4.57 Å². The zero-order chi connectivity index (χ0) is 19.2. The van der Waals surface area contributed by atoms with Gasteiger partial charge in [-0.3, -0.25) is 4.57 Å². The fraction of sp³-hybridized carbons (Fsp3) is 0.737. The van der Waals surface area contributed by atoms with Gasteiger partial charge in [-0.1, -0.05) is 20.3 Å². The number of nitrogen functional groups attached to an aromatic ring is 1. The van der Waals surface area contributed by atoms with Gasteiger partial charge < -0.3 is 20.4 Å². The molecule has 0 atom stereocenters. The summed E-state index contributed by atoms with van der Waals surface area (Å²) in [6, 6.07) is 0.244. The Labute approximate surface area is 160 Å². The molecule has 0 aliphatic carbocycles. The summed E-state index contributed by atoms with van der Waals surface area (Å²) < 4.78 is 7.25. The van der Waals surface area contributed by atoms with Gasteiger partial charge in [0.05, 0.1) is 6.61 Å². The topological polar surface area (TPSA) is 102 Å². The summed E-state index contributed by atoms with van der Waals surface area (Å²) in [6.45, 7) is 9.02. The second-order valence-corrected chi connectivity index (χ2v) is 7.39. The van der Waals surface area contributed by atoms with Crippen LogP contribution in [0.15, 0.2) is 4.79 Å². The molecule has 8 nitrogen and oxygen atoms in total. The molecule has 1 saturated heterocycles. The molecule has 3 rings (SSSR count). The Hall–Kier alpha value is -2.09. The number of fused-ring (bicyclic) bond motifs is 1. The van der Waals surface area contributed by atoms with Crippen LogP contribution >= 0.6 is 0 Å². The number of anilines is 1. The second kappa shape index (κ2) is 9.21. The molecule has 2 aromatic rings. The van der Waals surface area contributed by atoms with E-state index in [1.807, 2.05) is 0 Å². The van der Waals surface area contributed by atoms with E-state index in [9.17, 15) is 4.79 Å². The highest BCUT2D eigenvalue weighted by Gasteiger charge is 2.19. The molecule has 150 valence electrons. The molecular formula is C19H32N6O2. The van der Waals surface area contributed by atoms with Gasteiger partial charge in [-0.15, -0.1) is 0 Å². The van der Waals surface area contributed by atoms with Crippen molar-refractivity contribution in [3.8, 4) is 6.01 Å². The van der Waals surface area contributed by atoms with Crippen LogP contribution in [-0.2, 0) is 6.54 Å². The summed E-state index contributed by atoms with van der Waals surface area (Å²) in [5.74, 6) is 1.01. The minimum atomic E-state index is -0.183. The summed E-state index contributed by atoms with van der Waals surface area (Å²) in [6.07, 6.45) is 6.56. The van der Waals surface area contributed by atoms with Gasteiger partial charge in [0.25, 0.3) is 0 Å². The van der Waals surface area contributed by atoms with Crippen LogP contribution in [0.4, 0.5) is 5.82 Å². The molecule has 1 fully saturated rings. The molecule has 1 aliphatic heterocycles. The molecule has 0 aromatic carbocycles. The van der Waals surface area contributed by atoms with Crippen molar-refractivity contribution < 1.29 is 4.74 Å². The van der Waals surface area contributed by atoms with Crippen molar-refractivity contribution in [2.75, 3.05) is 32.0 Å². The van der Waals surface area contributed by atoms with Crippen molar-refractivity contribution in [2.45, 2.75) is 58.9 Å². The van der Waals surface area contributed by atoms with E-state index in [2.05, 4.69) is 33.7 Å². The van der Waals surface area contributed by atoms with Crippen LogP contribution in [-0.4, -0.2) is 50.7 Å². The van der Waals surface area contributed by atoms with Crippen LogP contribution in [0.2, 0.25) is 0 Å². The normalized spacial score (nSPS) is 16.2. The molecule has 8 heteroatoms. The summed E-state index contributed by atoms with van der Waals surface area (Å²) in [5.41, 5.74) is 6.85. The molecule has 0 saturated carbocycles. The zero-order valence-electron chi connectivity index (χ0n) is 16.5. The van der Waals surface area contributed by atoms with Gasteiger partial charge >= 0.3 is 11.7 Å². The molecule has 1 aliphatic rings. The number of hydrogen-bond donors (Lipinski definition) is 2. The predicted octanol–water partition coefficient (Wildman–Crippen LogP) is 2.39. The van der Waals surface area contributed by atoms with Crippen molar-refractivity contribution >= 4 is 17.0 Å². The lowest BCUT2D eigenvalue weighted by Crippen LogP contribution is -2.33. The van der Waals surface area contributed by atoms with Gasteiger partial charge in [-0.2, -0.15) is 9.97 Å².